The predicted octanol–water partition coefficient (Wildman–Crippen LogP) is 3.05. The van der Waals surface area contributed by atoms with E-state index in [0.29, 0.717) is 28.2 Å². The van der Waals surface area contributed by atoms with Gasteiger partial charge in [0, 0.05) is 6.54 Å². The van der Waals surface area contributed by atoms with E-state index in [4.69, 9.17) is 4.42 Å². The van der Waals surface area contributed by atoms with Crippen LogP contribution in [0.5, 0.6) is 0 Å². The van der Waals surface area contributed by atoms with Crippen molar-refractivity contribution in [3.63, 3.8) is 0 Å². The summed E-state index contributed by atoms with van der Waals surface area (Å²) in [6, 6.07) is 11.4. The zero-order valence-electron chi connectivity index (χ0n) is 15.4. The van der Waals surface area contributed by atoms with Crippen molar-refractivity contribution in [2.75, 3.05) is 0 Å². The molecule has 28 heavy (non-hydrogen) atoms. The molecule has 4 aromatic rings. The third-order valence-electron chi connectivity index (χ3n) is 4.27. The number of nitrogens with zero attached hydrogens (tertiary/aromatic N) is 3. The van der Waals surface area contributed by atoms with Crippen molar-refractivity contribution in [2.45, 2.75) is 26.9 Å². The van der Waals surface area contributed by atoms with Crippen molar-refractivity contribution in [3.05, 3.63) is 69.1 Å². The van der Waals surface area contributed by atoms with Gasteiger partial charge in [0.15, 0.2) is 11.3 Å². The van der Waals surface area contributed by atoms with Gasteiger partial charge in [-0.15, -0.1) is 11.3 Å². The van der Waals surface area contributed by atoms with Gasteiger partial charge in [0.2, 0.25) is 5.91 Å². The highest BCUT2D eigenvalue weighted by molar-refractivity contribution is 7.19. The SMILES string of the molecule is Cc1ccc(CNC(=O)Cn2nc(-c3ccco3)c3sc(C)nc3c2=O)cc1. The first-order valence-electron chi connectivity index (χ1n) is 8.75. The molecule has 0 atom stereocenters. The smallest absolute Gasteiger partial charge is 0.294 e. The fraction of sp³-hybridized carbons (Fsp3) is 0.200. The third-order valence-corrected chi connectivity index (χ3v) is 5.24. The summed E-state index contributed by atoms with van der Waals surface area (Å²) in [5.41, 5.74) is 2.57. The number of fused-ring (bicyclic) bond motifs is 1. The highest BCUT2D eigenvalue weighted by Gasteiger charge is 2.19. The molecule has 4 rings (SSSR count). The highest BCUT2D eigenvalue weighted by Crippen LogP contribution is 2.29. The van der Waals surface area contributed by atoms with Crippen LogP contribution in [0, 0.1) is 13.8 Å². The van der Waals surface area contributed by atoms with Crippen LogP contribution in [-0.4, -0.2) is 20.7 Å². The summed E-state index contributed by atoms with van der Waals surface area (Å²) < 4.78 is 7.26. The van der Waals surface area contributed by atoms with Crippen LogP contribution in [-0.2, 0) is 17.9 Å². The Hall–Kier alpha value is -3.26. The Bertz CT molecular complexity index is 1190. The van der Waals surface area contributed by atoms with E-state index in [9.17, 15) is 9.59 Å². The Morgan fingerprint density at radius 2 is 2.00 bits per heavy atom. The van der Waals surface area contributed by atoms with Crippen LogP contribution in [0.15, 0.2) is 51.9 Å². The van der Waals surface area contributed by atoms with Crippen LogP contribution in [0.3, 0.4) is 0 Å². The van der Waals surface area contributed by atoms with Gasteiger partial charge in [0.05, 0.1) is 16.0 Å². The van der Waals surface area contributed by atoms with Crippen LogP contribution in [0.25, 0.3) is 21.7 Å². The maximum Gasteiger partial charge on any atom is 0.294 e. The molecule has 0 aliphatic heterocycles. The van der Waals surface area contributed by atoms with Gasteiger partial charge >= 0.3 is 0 Å². The second kappa shape index (κ2) is 7.40. The zero-order chi connectivity index (χ0) is 19.7. The fourth-order valence-electron chi connectivity index (χ4n) is 2.85. The molecule has 3 heterocycles. The number of carbonyl (C=O) groups excluding carboxylic acids is 1. The first-order valence-corrected chi connectivity index (χ1v) is 9.57. The molecule has 0 aliphatic rings. The molecule has 1 aromatic carbocycles. The molecule has 142 valence electrons. The molecule has 0 spiro atoms. The monoisotopic (exact) mass is 394 g/mol. The number of amides is 1. The Balaban J connectivity index is 1.61. The lowest BCUT2D eigenvalue weighted by atomic mass is 10.1. The van der Waals surface area contributed by atoms with E-state index in [0.717, 1.165) is 20.8 Å². The molecule has 7 nitrogen and oxygen atoms in total. The molecule has 0 unspecified atom stereocenters. The Kier molecular flexibility index (Phi) is 4.79. The molecule has 0 fully saturated rings. The molecule has 1 N–H and O–H groups in total. The van der Waals surface area contributed by atoms with E-state index in [-0.39, 0.29) is 18.0 Å². The summed E-state index contributed by atoms with van der Waals surface area (Å²) in [5, 5.41) is 7.96. The first kappa shape index (κ1) is 18.1. The topological polar surface area (TPSA) is 90.0 Å². The number of benzene rings is 1. The van der Waals surface area contributed by atoms with Gasteiger partial charge in [-0.05, 0) is 31.5 Å². The normalized spacial score (nSPS) is 11.1. The molecule has 1 amide bonds. The number of aromatic nitrogens is 3. The molecule has 0 saturated carbocycles. The van der Waals surface area contributed by atoms with Crippen LogP contribution in [0.4, 0.5) is 0 Å². The minimum atomic E-state index is -0.389. The molecule has 0 saturated heterocycles. The minimum absolute atomic E-state index is 0.190. The number of hydrogen-bond donors (Lipinski definition) is 1. The van der Waals surface area contributed by atoms with Gasteiger partial charge in [-0.25, -0.2) is 9.67 Å². The van der Waals surface area contributed by atoms with E-state index in [1.54, 1.807) is 18.4 Å². The van der Waals surface area contributed by atoms with E-state index < -0.39 is 0 Å². The molecule has 0 aliphatic carbocycles. The number of furan rings is 1. The van der Waals surface area contributed by atoms with Crippen molar-refractivity contribution >= 4 is 27.5 Å². The van der Waals surface area contributed by atoms with Crippen molar-refractivity contribution in [1.29, 1.82) is 0 Å². The van der Waals surface area contributed by atoms with Gasteiger partial charge in [-0.3, -0.25) is 9.59 Å². The van der Waals surface area contributed by atoms with Crippen LogP contribution >= 0.6 is 11.3 Å². The summed E-state index contributed by atoms with van der Waals surface area (Å²) in [6.07, 6.45) is 1.54. The van der Waals surface area contributed by atoms with Crippen LogP contribution in [0.1, 0.15) is 16.1 Å². The molecular weight excluding hydrogens is 376 g/mol. The van der Waals surface area contributed by atoms with E-state index in [2.05, 4.69) is 15.4 Å². The molecule has 3 aromatic heterocycles. The van der Waals surface area contributed by atoms with Gasteiger partial charge in [-0.1, -0.05) is 29.8 Å². The number of thiazole rings is 1. The van der Waals surface area contributed by atoms with Gasteiger partial charge in [0.1, 0.15) is 12.2 Å². The number of rotatable bonds is 5. The largest absolute Gasteiger partial charge is 0.463 e. The van der Waals surface area contributed by atoms with Crippen LogP contribution < -0.4 is 10.9 Å². The number of nitrogens with one attached hydrogen (secondary N) is 1. The maximum absolute atomic E-state index is 12.7. The lowest BCUT2D eigenvalue weighted by Crippen LogP contribution is -2.33. The molecule has 0 bridgehead atoms. The standard InChI is InChI=1S/C20H18N4O3S/c1-12-5-7-14(8-6-12)10-21-16(25)11-24-20(26)18-19(28-13(2)22-18)17(23-24)15-4-3-9-27-15/h3-9H,10-11H2,1-2H3,(H,21,25). The zero-order valence-corrected chi connectivity index (χ0v) is 16.2. The van der Waals surface area contributed by atoms with Gasteiger partial charge < -0.3 is 9.73 Å². The number of hydrogen-bond acceptors (Lipinski definition) is 6. The van der Waals surface area contributed by atoms with E-state index in [1.165, 1.54) is 11.3 Å². The second-order valence-corrected chi connectivity index (χ2v) is 7.66. The van der Waals surface area contributed by atoms with Crippen molar-refractivity contribution in [2.24, 2.45) is 0 Å². The lowest BCUT2D eigenvalue weighted by molar-refractivity contribution is -0.122. The summed E-state index contributed by atoms with van der Waals surface area (Å²) in [7, 11) is 0. The van der Waals surface area contributed by atoms with Gasteiger partial charge in [0.25, 0.3) is 5.56 Å². The van der Waals surface area contributed by atoms with Crippen LogP contribution in [0.2, 0.25) is 0 Å². The number of aryl methyl sites for hydroxylation is 2. The molecule has 8 heteroatoms. The quantitative estimate of drug-likeness (QED) is 0.562. The minimum Gasteiger partial charge on any atom is -0.463 e. The maximum atomic E-state index is 12.7. The molecule has 0 radical (unpaired) electrons. The Morgan fingerprint density at radius 1 is 1.21 bits per heavy atom. The number of carbonyl (C=O) groups is 1. The Labute approximate surface area is 164 Å². The van der Waals surface area contributed by atoms with E-state index in [1.807, 2.05) is 38.1 Å². The van der Waals surface area contributed by atoms with E-state index >= 15 is 0 Å². The summed E-state index contributed by atoms with van der Waals surface area (Å²) >= 11 is 1.38. The Morgan fingerprint density at radius 3 is 2.71 bits per heavy atom. The first-order chi connectivity index (χ1) is 13.5. The molecular formula is C20H18N4O3S. The predicted molar refractivity (Wildman–Crippen MR) is 107 cm³/mol. The summed E-state index contributed by atoms with van der Waals surface area (Å²) in [4.78, 5) is 29.5. The van der Waals surface area contributed by atoms with Crippen molar-refractivity contribution in [3.8, 4) is 11.5 Å². The van der Waals surface area contributed by atoms with Crippen molar-refractivity contribution < 1.29 is 9.21 Å². The average Bonchev–Trinajstić information content (AvgIpc) is 3.33. The highest BCUT2D eigenvalue weighted by atomic mass is 32.1. The van der Waals surface area contributed by atoms with Crippen molar-refractivity contribution in [1.82, 2.24) is 20.1 Å². The van der Waals surface area contributed by atoms with Gasteiger partial charge in [-0.2, -0.15) is 5.10 Å². The summed E-state index contributed by atoms with van der Waals surface area (Å²) in [5.74, 6) is 0.231. The lowest BCUT2D eigenvalue weighted by Gasteiger charge is -2.08. The summed E-state index contributed by atoms with van der Waals surface area (Å²) in [6.45, 7) is 4.03. The third kappa shape index (κ3) is 3.59. The fourth-order valence-corrected chi connectivity index (χ4v) is 3.75. The average molecular weight is 394 g/mol. The second-order valence-electron chi connectivity index (χ2n) is 6.46.